The van der Waals surface area contributed by atoms with Crippen LogP contribution in [0.1, 0.15) is 22.8 Å². The number of benzene rings is 2. The molecule has 1 atom stereocenters. The molecule has 0 spiro atoms. The number of non-ortho nitro benzene ring substituents is 1. The lowest BCUT2D eigenvalue weighted by Crippen LogP contribution is -2.30. The summed E-state index contributed by atoms with van der Waals surface area (Å²) in [6.45, 7) is 1.48. The van der Waals surface area contributed by atoms with Crippen molar-refractivity contribution in [2.45, 2.75) is 18.9 Å². The van der Waals surface area contributed by atoms with Crippen molar-refractivity contribution in [3.05, 3.63) is 66.8 Å². The van der Waals surface area contributed by atoms with Gasteiger partial charge in [0.25, 0.3) is 5.69 Å². The van der Waals surface area contributed by atoms with Crippen LogP contribution in [0.5, 0.6) is 0 Å². The zero-order valence-corrected chi connectivity index (χ0v) is 17.1. The SMILES string of the molecule is CC(C#N)(Cn1cc2c(Cl)cc(Cl)c(Cl)c2n1)c1cc([N+](=O)[O-])ccc1C(N)=O. The Hall–Kier alpha value is -2.86. The monoisotopic (exact) mass is 451 g/mol. The van der Waals surface area contributed by atoms with Gasteiger partial charge in [0, 0.05) is 29.3 Å². The normalized spacial score (nSPS) is 13.1. The number of primary amides is 1. The molecule has 0 radical (unpaired) electrons. The van der Waals surface area contributed by atoms with E-state index in [2.05, 4.69) is 11.2 Å². The Morgan fingerprint density at radius 1 is 1.34 bits per heavy atom. The van der Waals surface area contributed by atoms with Gasteiger partial charge in [-0.05, 0) is 24.6 Å². The van der Waals surface area contributed by atoms with Crippen molar-refractivity contribution in [2.24, 2.45) is 5.73 Å². The van der Waals surface area contributed by atoms with Gasteiger partial charge in [-0.3, -0.25) is 19.6 Å². The smallest absolute Gasteiger partial charge is 0.269 e. The van der Waals surface area contributed by atoms with Crippen LogP contribution in [0.4, 0.5) is 5.69 Å². The van der Waals surface area contributed by atoms with Crippen LogP contribution in [-0.4, -0.2) is 20.6 Å². The molecule has 1 heterocycles. The Balaban J connectivity index is 2.16. The van der Waals surface area contributed by atoms with Crippen LogP contribution in [0, 0.1) is 21.4 Å². The summed E-state index contributed by atoms with van der Waals surface area (Å²) in [7, 11) is 0. The molecule has 0 aliphatic heterocycles. The van der Waals surface area contributed by atoms with Gasteiger partial charge >= 0.3 is 0 Å². The highest BCUT2D eigenvalue weighted by Crippen LogP contribution is 2.36. The molecule has 3 aromatic rings. The third-order valence-electron chi connectivity index (χ3n) is 4.49. The molecule has 0 bridgehead atoms. The third-order valence-corrected chi connectivity index (χ3v) is 5.58. The van der Waals surface area contributed by atoms with Crippen molar-refractivity contribution in [3.63, 3.8) is 0 Å². The lowest BCUT2D eigenvalue weighted by atomic mass is 9.80. The molecule has 8 nitrogen and oxygen atoms in total. The minimum Gasteiger partial charge on any atom is -0.366 e. The fraction of sp³-hybridized carbons (Fsp3) is 0.167. The summed E-state index contributed by atoms with van der Waals surface area (Å²) in [5.74, 6) is -0.806. The molecule has 1 aromatic heterocycles. The second kappa shape index (κ2) is 7.52. The van der Waals surface area contributed by atoms with Gasteiger partial charge in [-0.25, -0.2) is 0 Å². The van der Waals surface area contributed by atoms with Gasteiger partial charge in [0.2, 0.25) is 5.91 Å². The average molecular weight is 453 g/mol. The molecule has 148 valence electrons. The van der Waals surface area contributed by atoms with Crippen LogP contribution in [0.25, 0.3) is 10.9 Å². The number of nitro benzene ring substituents is 1. The maximum Gasteiger partial charge on any atom is 0.269 e. The lowest BCUT2D eigenvalue weighted by Gasteiger charge is -2.24. The van der Waals surface area contributed by atoms with E-state index in [1.54, 1.807) is 6.20 Å². The fourth-order valence-electron chi connectivity index (χ4n) is 3.03. The van der Waals surface area contributed by atoms with E-state index in [1.165, 1.54) is 29.8 Å². The molecule has 0 saturated carbocycles. The van der Waals surface area contributed by atoms with Gasteiger partial charge in [0.05, 0.1) is 38.0 Å². The quantitative estimate of drug-likeness (QED) is 0.346. The molecule has 0 aliphatic carbocycles. The molecule has 0 fully saturated rings. The number of hydrogen-bond donors (Lipinski definition) is 1. The molecule has 2 N–H and O–H groups in total. The predicted octanol–water partition coefficient (Wildman–Crippen LogP) is 4.49. The molecule has 11 heteroatoms. The zero-order valence-electron chi connectivity index (χ0n) is 14.8. The van der Waals surface area contributed by atoms with Crippen molar-refractivity contribution in [1.29, 1.82) is 5.26 Å². The van der Waals surface area contributed by atoms with Gasteiger partial charge < -0.3 is 5.73 Å². The zero-order chi connectivity index (χ0) is 21.5. The standard InChI is InChI=1S/C18H12Cl3N5O3/c1-18(7-22,12-4-9(26(28)29)2-3-10(12)17(23)27)8-25-6-11-13(19)5-14(20)15(21)16(11)24-25/h2-6H,8H2,1H3,(H2,23,27). The molecule has 2 aromatic carbocycles. The second-order valence-electron chi connectivity index (χ2n) is 6.54. The first-order valence-electron chi connectivity index (χ1n) is 8.08. The van der Waals surface area contributed by atoms with Crippen molar-refractivity contribution in [3.8, 4) is 6.07 Å². The van der Waals surface area contributed by atoms with E-state index in [4.69, 9.17) is 40.5 Å². The largest absolute Gasteiger partial charge is 0.366 e. The number of carbonyl (C=O) groups excluding carboxylic acids is 1. The van der Waals surface area contributed by atoms with Gasteiger partial charge in [-0.1, -0.05) is 34.8 Å². The maximum atomic E-state index is 11.9. The number of nitro groups is 1. The number of nitriles is 1. The highest BCUT2D eigenvalue weighted by Gasteiger charge is 2.33. The van der Waals surface area contributed by atoms with Gasteiger partial charge in [0.1, 0.15) is 5.52 Å². The van der Waals surface area contributed by atoms with Crippen molar-refractivity contribution >= 4 is 57.3 Å². The summed E-state index contributed by atoms with van der Waals surface area (Å²) >= 11 is 18.4. The van der Waals surface area contributed by atoms with Crippen molar-refractivity contribution < 1.29 is 9.72 Å². The molecule has 0 saturated heterocycles. The van der Waals surface area contributed by atoms with E-state index in [9.17, 15) is 20.2 Å². The first-order chi connectivity index (χ1) is 13.6. The average Bonchev–Trinajstić information content (AvgIpc) is 3.09. The van der Waals surface area contributed by atoms with Crippen LogP contribution in [0.2, 0.25) is 15.1 Å². The van der Waals surface area contributed by atoms with Crippen LogP contribution in [0.15, 0.2) is 30.5 Å². The van der Waals surface area contributed by atoms with Crippen LogP contribution >= 0.6 is 34.8 Å². The summed E-state index contributed by atoms with van der Waals surface area (Å²) in [6, 6.07) is 7.15. The van der Waals surface area contributed by atoms with Crippen molar-refractivity contribution in [2.75, 3.05) is 0 Å². The topological polar surface area (TPSA) is 128 Å². The van der Waals surface area contributed by atoms with E-state index >= 15 is 0 Å². The number of halogens is 3. The summed E-state index contributed by atoms with van der Waals surface area (Å²) in [6.07, 6.45) is 1.58. The predicted molar refractivity (Wildman–Crippen MR) is 109 cm³/mol. The number of hydrogen-bond acceptors (Lipinski definition) is 5. The fourth-order valence-corrected chi connectivity index (χ4v) is 3.72. The van der Waals surface area contributed by atoms with E-state index in [-0.39, 0.29) is 33.4 Å². The molecule has 3 rings (SSSR count). The number of rotatable bonds is 5. The molecule has 29 heavy (non-hydrogen) atoms. The molecule has 0 aliphatic rings. The Labute approximate surface area is 179 Å². The Kier molecular flexibility index (Phi) is 5.41. The number of nitrogens with two attached hydrogens (primary N) is 1. The second-order valence-corrected chi connectivity index (χ2v) is 7.73. The number of nitrogens with zero attached hydrogens (tertiary/aromatic N) is 4. The van der Waals surface area contributed by atoms with E-state index in [1.807, 2.05) is 0 Å². The Bertz CT molecular complexity index is 1220. The number of amides is 1. The minimum absolute atomic E-state index is 0.00969. The first-order valence-corrected chi connectivity index (χ1v) is 9.21. The van der Waals surface area contributed by atoms with E-state index in [0.29, 0.717) is 15.9 Å². The van der Waals surface area contributed by atoms with E-state index in [0.717, 1.165) is 6.07 Å². The molecular formula is C18H12Cl3N5O3. The molecule has 1 amide bonds. The molecule has 1 unspecified atom stereocenters. The van der Waals surface area contributed by atoms with Gasteiger partial charge in [0.15, 0.2) is 0 Å². The summed E-state index contributed by atoms with van der Waals surface area (Å²) < 4.78 is 1.42. The lowest BCUT2D eigenvalue weighted by molar-refractivity contribution is -0.385. The number of fused-ring (bicyclic) bond motifs is 1. The maximum absolute atomic E-state index is 11.9. The van der Waals surface area contributed by atoms with Crippen LogP contribution in [0.3, 0.4) is 0 Å². The number of carbonyl (C=O) groups is 1. The van der Waals surface area contributed by atoms with E-state index < -0.39 is 16.2 Å². The third kappa shape index (κ3) is 3.72. The highest BCUT2D eigenvalue weighted by molar-refractivity contribution is 6.47. The Morgan fingerprint density at radius 2 is 2.03 bits per heavy atom. The molecular weight excluding hydrogens is 441 g/mol. The van der Waals surface area contributed by atoms with Gasteiger partial charge in [-0.15, -0.1) is 0 Å². The highest BCUT2D eigenvalue weighted by atomic mass is 35.5. The summed E-state index contributed by atoms with van der Waals surface area (Å²) in [5.41, 5.74) is 4.25. The number of aromatic nitrogens is 2. The Morgan fingerprint density at radius 3 is 2.62 bits per heavy atom. The van der Waals surface area contributed by atoms with Crippen molar-refractivity contribution in [1.82, 2.24) is 9.78 Å². The summed E-state index contributed by atoms with van der Waals surface area (Å²) in [4.78, 5) is 22.4. The van der Waals surface area contributed by atoms with Crippen LogP contribution in [-0.2, 0) is 12.0 Å². The van der Waals surface area contributed by atoms with Crippen LogP contribution < -0.4 is 5.73 Å². The van der Waals surface area contributed by atoms with Gasteiger partial charge in [-0.2, -0.15) is 10.4 Å². The first kappa shape index (κ1) is 20.9. The summed E-state index contributed by atoms with van der Waals surface area (Å²) in [5, 5.41) is 26.7. The minimum atomic E-state index is -1.37.